The van der Waals surface area contributed by atoms with E-state index in [1.807, 2.05) is 0 Å². The highest BCUT2D eigenvalue weighted by Crippen LogP contribution is 2.35. The first-order chi connectivity index (χ1) is 5.67. The van der Waals surface area contributed by atoms with Crippen LogP contribution < -0.4 is 0 Å². The molecule has 0 amide bonds. The van der Waals surface area contributed by atoms with Gasteiger partial charge in [-0.1, -0.05) is 0 Å². The first-order valence-corrected chi connectivity index (χ1v) is 5.03. The zero-order valence-corrected chi connectivity index (χ0v) is 9.68. The lowest BCUT2D eigenvalue weighted by Gasteiger charge is -2.22. The van der Waals surface area contributed by atoms with Crippen LogP contribution in [0.3, 0.4) is 0 Å². The molecule has 0 aromatic rings. The molecule has 2 nitrogen and oxygen atoms in total. The fourth-order valence-corrected chi connectivity index (χ4v) is 1.31. The lowest BCUT2D eigenvalue weighted by Crippen LogP contribution is -2.26. The van der Waals surface area contributed by atoms with Gasteiger partial charge in [-0.15, -0.1) is 0 Å². The average molecular weight is 186 g/mol. The predicted octanol–water partition coefficient (Wildman–Crippen LogP) is 2.76. The van der Waals surface area contributed by atoms with Crippen LogP contribution in [-0.2, 0) is 9.47 Å². The Morgan fingerprint density at radius 1 is 0.769 bits per heavy atom. The zero-order valence-electron chi connectivity index (χ0n) is 9.68. The summed E-state index contributed by atoms with van der Waals surface area (Å²) in [7, 11) is 0. The SMILES string of the molecule is CC(C)(C)O[C@@H]1C[C@H]1OC(C)(C)C. The van der Waals surface area contributed by atoms with Crippen LogP contribution in [0.25, 0.3) is 0 Å². The molecule has 0 radical (unpaired) electrons. The van der Waals surface area contributed by atoms with Crippen LogP contribution in [0.5, 0.6) is 0 Å². The molecule has 78 valence electrons. The Kier molecular flexibility index (Phi) is 2.75. The molecule has 1 aliphatic rings. The monoisotopic (exact) mass is 186 g/mol. The Morgan fingerprint density at radius 3 is 1.31 bits per heavy atom. The van der Waals surface area contributed by atoms with E-state index in [0.29, 0.717) is 12.2 Å². The van der Waals surface area contributed by atoms with Gasteiger partial charge in [0.1, 0.15) is 0 Å². The third-order valence-corrected chi connectivity index (χ3v) is 1.69. The van der Waals surface area contributed by atoms with Crippen molar-refractivity contribution in [1.29, 1.82) is 0 Å². The van der Waals surface area contributed by atoms with E-state index in [1.165, 1.54) is 0 Å². The molecule has 1 fully saturated rings. The molecule has 0 spiro atoms. The van der Waals surface area contributed by atoms with Crippen molar-refractivity contribution in [3.8, 4) is 0 Å². The van der Waals surface area contributed by atoms with Gasteiger partial charge in [-0.25, -0.2) is 0 Å². The van der Waals surface area contributed by atoms with Gasteiger partial charge in [-0.05, 0) is 41.5 Å². The van der Waals surface area contributed by atoms with Gasteiger partial charge in [0, 0.05) is 6.42 Å². The largest absolute Gasteiger partial charge is 0.370 e. The van der Waals surface area contributed by atoms with Crippen LogP contribution >= 0.6 is 0 Å². The second-order valence-corrected chi connectivity index (χ2v) is 5.77. The summed E-state index contributed by atoms with van der Waals surface area (Å²) in [6.45, 7) is 12.5. The van der Waals surface area contributed by atoms with E-state index < -0.39 is 0 Å². The van der Waals surface area contributed by atoms with Crippen LogP contribution in [-0.4, -0.2) is 23.4 Å². The lowest BCUT2D eigenvalue weighted by molar-refractivity contribution is -0.0755. The fourth-order valence-electron chi connectivity index (χ4n) is 1.31. The molecule has 0 aromatic heterocycles. The average Bonchev–Trinajstić information content (AvgIpc) is 2.36. The van der Waals surface area contributed by atoms with Gasteiger partial charge < -0.3 is 9.47 Å². The minimum absolute atomic E-state index is 0.0410. The Labute approximate surface area is 81.6 Å². The van der Waals surface area contributed by atoms with Gasteiger partial charge in [-0.2, -0.15) is 0 Å². The van der Waals surface area contributed by atoms with E-state index in [9.17, 15) is 0 Å². The molecule has 0 unspecified atom stereocenters. The molecule has 0 bridgehead atoms. The summed E-state index contributed by atoms with van der Waals surface area (Å²) >= 11 is 0. The fraction of sp³-hybridized carbons (Fsp3) is 1.00. The van der Waals surface area contributed by atoms with Gasteiger partial charge in [0.2, 0.25) is 0 Å². The third kappa shape index (κ3) is 4.63. The summed E-state index contributed by atoms with van der Waals surface area (Å²) < 4.78 is 11.6. The van der Waals surface area contributed by atoms with Crippen molar-refractivity contribution >= 4 is 0 Å². The molecule has 1 saturated carbocycles. The number of rotatable bonds is 2. The maximum absolute atomic E-state index is 5.78. The Hall–Kier alpha value is -0.0800. The smallest absolute Gasteiger partial charge is 0.0870 e. The van der Waals surface area contributed by atoms with Crippen molar-refractivity contribution in [2.75, 3.05) is 0 Å². The van der Waals surface area contributed by atoms with Gasteiger partial charge >= 0.3 is 0 Å². The van der Waals surface area contributed by atoms with E-state index in [0.717, 1.165) is 6.42 Å². The van der Waals surface area contributed by atoms with Crippen LogP contribution in [0.4, 0.5) is 0 Å². The molecule has 2 heteroatoms. The van der Waals surface area contributed by atoms with Crippen molar-refractivity contribution in [1.82, 2.24) is 0 Å². The van der Waals surface area contributed by atoms with Crippen LogP contribution in [0, 0.1) is 0 Å². The van der Waals surface area contributed by atoms with E-state index in [1.54, 1.807) is 0 Å². The van der Waals surface area contributed by atoms with Crippen molar-refractivity contribution in [3.63, 3.8) is 0 Å². The molecular formula is C11H22O2. The minimum Gasteiger partial charge on any atom is -0.370 e. The zero-order chi connectivity index (χ0) is 10.3. The highest BCUT2D eigenvalue weighted by atomic mass is 16.6. The van der Waals surface area contributed by atoms with Crippen molar-refractivity contribution in [2.45, 2.75) is 71.4 Å². The molecule has 13 heavy (non-hydrogen) atoms. The second-order valence-electron chi connectivity index (χ2n) is 5.77. The molecular weight excluding hydrogens is 164 g/mol. The van der Waals surface area contributed by atoms with Crippen LogP contribution in [0.1, 0.15) is 48.0 Å². The van der Waals surface area contributed by atoms with E-state index in [-0.39, 0.29) is 11.2 Å². The van der Waals surface area contributed by atoms with Crippen LogP contribution in [0.2, 0.25) is 0 Å². The Balaban J connectivity index is 2.24. The molecule has 0 saturated heterocycles. The number of ether oxygens (including phenoxy) is 2. The summed E-state index contributed by atoms with van der Waals surface area (Å²) in [5, 5.41) is 0. The Morgan fingerprint density at radius 2 is 1.08 bits per heavy atom. The normalized spacial score (nSPS) is 29.1. The maximum atomic E-state index is 5.78. The van der Waals surface area contributed by atoms with Crippen molar-refractivity contribution in [2.24, 2.45) is 0 Å². The molecule has 0 aromatic carbocycles. The third-order valence-electron chi connectivity index (χ3n) is 1.69. The van der Waals surface area contributed by atoms with E-state index in [2.05, 4.69) is 41.5 Å². The highest BCUT2D eigenvalue weighted by Gasteiger charge is 2.44. The maximum Gasteiger partial charge on any atom is 0.0870 e. The summed E-state index contributed by atoms with van der Waals surface area (Å²) in [5.74, 6) is 0. The highest BCUT2D eigenvalue weighted by molar-refractivity contribution is 4.92. The number of hydrogen-bond donors (Lipinski definition) is 0. The lowest BCUT2D eigenvalue weighted by atomic mass is 10.2. The molecule has 1 aliphatic carbocycles. The van der Waals surface area contributed by atoms with E-state index >= 15 is 0 Å². The molecule has 1 rings (SSSR count). The molecule has 0 heterocycles. The molecule has 2 atom stereocenters. The first-order valence-electron chi connectivity index (χ1n) is 5.03. The minimum atomic E-state index is -0.0410. The van der Waals surface area contributed by atoms with Gasteiger partial charge in [-0.3, -0.25) is 0 Å². The van der Waals surface area contributed by atoms with Gasteiger partial charge in [0.25, 0.3) is 0 Å². The first kappa shape index (κ1) is 11.0. The van der Waals surface area contributed by atoms with Crippen molar-refractivity contribution in [3.05, 3.63) is 0 Å². The van der Waals surface area contributed by atoms with Gasteiger partial charge in [0.05, 0.1) is 23.4 Å². The number of hydrogen-bond acceptors (Lipinski definition) is 2. The standard InChI is InChI=1S/C11H22O2/c1-10(2,3)12-8-7-9(8)13-11(4,5)6/h8-9H,7H2,1-6H3/t8-,9-/m1/s1. The summed E-state index contributed by atoms with van der Waals surface area (Å²) in [4.78, 5) is 0. The topological polar surface area (TPSA) is 18.5 Å². The predicted molar refractivity (Wildman–Crippen MR) is 53.9 cm³/mol. The van der Waals surface area contributed by atoms with Crippen LogP contribution in [0.15, 0.2) is 0 Å². The Bertz CT molecular complexity index is 154. The molecule has 0 N–H and O–H groups in total. The summed E-state index contributed by atoms with van der Waals surface area (Å²) in [6, 6.07) is 0. The van der Waals surface area contributed by atoms with Gasteiger partial charge in [0.15, 0.2) is 0 Å². The summed E-state index contributed by atoms with van der Waals surface area (Å²) in [6.07, 6.45) is 1.69. The second kappa shape index (κ2) is 3.25. The molecule has 0 aliphatic heterocycles. The quantitative estimate of drug-likeness (QED) is 0.660. The summed E-state index contributed by atoms with van der Waals surface area (Å²) in [5.41, 5.74) is -0.0820. The van der Waals surface area contributed by atoms with E-state index in [4.69, 9.17) is 9.47 Å². The van der Waals surface area contributed by atoms with Crippen molar-refractivity contribution < 1.29 is 9.47 Å².